The highest BCUT2D eigenvalue weighted by Crippen LogP contribution is 2.08. The fourth-order valence-electron chi connectivity index (χ4n) is 2.43. The van der Waals surface area contributed by atoms with Crippen LogP contribution in [0.3, 0.4) is 0 Å². The number of carbonyl (C=O) groups is 2. The van der Waals surface area contributed by atoms with Crippen LogP contribution in [0.1, 0.15) is 24.6 Å². The zero-order valence-corrected chi connectivity index (χ0v) is 12.0. The van der Waals surface area contributed by atoms with Crippen LogP contribution in [-0.2, 0) is 16.0 Å². The first-order chi connectivity index (χ1) is 9.90. The van der Waals surface area contributed by atoms with E-state index in [9.17, 15) is 19.2 Å². The molecule has 0 bridgehead atoms. The third-order valence-electron chi connectivity index (χ3n) is 3.66. The standard InChI is InChI=1S/C13H18N4O4/c1-7-9(12(20)16-13(21)15-7)3-4-10(18)17-6-5-14-11(19)8(17)2/h8H,3-6H2,1-2H3,(H,14,19)(H2,15,16,20,21). The number of hydrogen-bond acceptors (Lipinski definition) is 4. The largest absolute Gasteiger partial charge is 0.353 e. The summed E-state index contributed by atoms with van der Waals surface area (Å²) in [5.74, 6) is -0.352. The number of aromatic nitrogens is 2. The Labute approximate surface area is 120 Å². The topological polar surface area (TPSA) is 115 Å². The number of H-pyrrole nitrogens is 2. The highest BCUT2D eigenvalue weighted by atomic mass is 16.2. The van der Waals surface area contributed by atoms with Crippen molar-refractivity contribution in [3.63, 3.8) is 0 Å². The Hall–Kier alpha value is -2.38. The van der Waals surface area contributed by atoms with Crippen molar-refractivity contribution < 1.29 is 9.59 Å². The first-order valence-electron chi connectivity index (χ1n) is 6.79. The molecule has 114 valence electrons. The molecule has 0 saturated carbocycles. The Balaban J connectivity index is 2.06. The van der Waals surface area contributed by atoms with Gasteiger partial charge in [0.25, 0.3) is 5.56 Å². The lowest BCUT2D eigenvalue weighted by molar-refractivity contribution is -0.142. The average Bonchev–Trinajstić information content (AvgIpc) is 2.40. The summed E-state index contributed by atoms with van der Waals surface area (Å²) >= 11 is 0. The maximum absolute atomic E-state index is 12.2. The van der Waals surface area contributed by atoms with Gasteiger partial charge in [-0.05, 0) is 20.3 Å². The predicted molar refractivity (Wildman–Crippen MR) is 74.9 cm³/mol. The molecule has 8 heteroatoms. The van der Waals surface area contributed by atoms with Gasteiger partial charge in [-0.2, -0.15) is 0 Å². The second-order valence-corrected chi connectivity index (χ2v) is 5.07. The molecule has 2 rings (SSSR count). The zero-order chi connectivity index (χ0) is 15.6. The van der Waals surface area contributed by atoms with E-state index in [1.807, 2.05) is 0 Å². The molecule has 1 aliphatic heterocycles. The Morgan fingerprint density at radius 1 is 1.29 bits per heavy atom. The van der Waals surface area contributed by atoms with E-state index in [0.717, 1.165) is 0 Å². The molecule has 0 spiro atoms. The van der Waals surface area contributed by atoms with Crippen molar-refractivity contribution in [2.45, 2.75) is 32.7 Å². The Bertz CT molecular complexity index is 675. The van der Waals surface area contributed by atoms with Gasteiger partial charge in [-0.3, -0.25) is 19.4 Å². The first-order valence-corrected chi connectivity index (χ1v) is 6.79. The summed E-state index contributed by atoms with van der Waals surface area (Å²) in [6.07, 6.45) is 0.342. The summed E-state index contributed by atoms with van der Waals surface area (Å²) in [7, 11) is 0. The van der Waals surface area contributed by atoms with Crippen LogP contribution in [-0.4, -0.2) is 45.8 Å². The molecule has 1 aromatic heterocycles. The second kappa shape index (κ2) is 5.94. The minimum absolute atomic E-state index is 0.119. The van der Waals surface area contributed by atoms with Gasteiger partial charge < -0.3 is 15.2 Å². The van der Waals surface area contributed by atoms with Gasteiger partial charge in [0.05, 0.1) is 0 Å². The van der Waals surface area contributed by atoms with Crippen molar-refractivity contribution >= 4 is 11.8 Å². The lowest BCUT2D eigenvalue weighted by Crippen LogP contribution is -2.55. The van der Waals surface area contributed by atoms with Crippen molar-refractivity contribution in [3.8, 4) is 0 Å². The zero-order valence-electron chi connectivity index (χ0n) is 12.0. The van der Waals surface area contributed by atoms with Crippen LogP contribution >= 0.6 is 0 Å². The van der Waals surface area contributed by atoms with Crippen molar-refractivity contribution in [1.82, 2.24) is 20.2 Å². The van der Waals surface area contributed by atoms with E-state index in [0.29, 0.717) is 24.3 Å². The van der Waals surface area contributed by atoms with Crippen molar-refractivity contribution in [2.24, 2.45) is 0 Å². The number of amides is 2. The van der Waals surface area contributed by atoms with Crippen LogP contribution < -0.4 is 16.6 Å². The molecule has 8 nitrogen and oxygen atoms in total. The molecule has 1 saturated heterocycles. The number of nitrogens with zero attached hydrogens (tertiary/aromatic N) is 1. The van der Waals surface area contributed by atoms with Gasteiger partial charge in [0.1, 0.15) is 6.04 Å². The summed E-state index contributed by atoms with van der Waals surface area (Å²) in [4.78, 5) is 52.7. The maximum Gasteiger partial charge on any atom is 0.325 e. The molecular weight excluding hydrogens is 276 g/mol. The Morgan fingerprint density at radius 2 is 2.00 bits per heavy atom. The van der Waals surface area contributed by atoms with Crippen molar-refractivity contribution in [1.29, 1.82) is 0 Å². The molecule has 21 heavy (non-hydrogen) atoms. The lowest BCUT2D eigenvalue weighted by Gasteiger charge is -2.32. The molecular formula is C13H18N4O4. The van der Waals surface area contributed by atoms with E-state index in [4.69, 9.17) is 0 Å². The molecule has 0 aliphatic carbocycles. The predicted octanol–water partition coefficient (Wildman–Crippen LogP) is -1.35. The summed E-state index contributed by atoms with van der Waals surface area (Å²) in [5.41, 5.74) is -0.194. The maximum atomic E-state index is 12.2. The van der Waals surface area contributed by atoms with Crippen LogP contribution in [0.4, 0.5) is 0 Å². The molecule has 2 heterocycles. The number of nitrogens with one attached hydrogen (secondary N) is 3. The number of aromatic amines is 2. The van der Waals surface area contributed by atoms with E-state index >= 15 is 0 Å². The van der Waals surface area contributed by atoms with Gasteiger partial charge in [0.15, 0.2) is 0 Å². The summed E-state index contributed by atoms with van der Waals surface area (Å²) in [6.45, 7) is 4.19. The number of piperazine rings is 1. The van der Waals surface area contributed by atoms with Crippen molar-refractivity contribution in [3.05, 3.63) is 32.1 Å². The number of aryl methyl sites for hydroxylation is 1. The molecule has 1 fully saturated rings. The van der Waals surface area contributed by atoms with Crippen LogP contribution in [0.15, 0.2) is 9.59 Å². The van der Waals surface area contributed by atoms with Gasteiger partial charge in [-0.25, -0.2) is 4.79 Å². The SMILES string of the molecule is Cc1[nH]c(=O)[nH]c(=O)c1CCC(=O)N1CCNC(=O)C1C. The van der Waals surface area contributed by atoms with Gasteiger partial charge >= 0.3 is 5.69 Å². The Morgan fingerprint density at radius 3 is 2.67 bits per heavy atom. The van der Waals surface area contributed by atoms with E-state index in [1.165, 1.54) is 4.90 Å². The third kappa shape index (κ3) is 3.21. The summed E-state index contributed by atoms with van der Waals surface area (Å²) < 4.78 is 0. The molecule has 1 aliphatic rings. The van der Waals surface area contributed by atoms with E-state index in [2.05, 4.69) is 15.3 Å². The highest BCUT2D eigenvalue weighted by molar-refractivity contribution is 5.88. The average molecular weight is 294 g/mol. The molecule has 3 N–H and O–H groups in total. The van der Waals surface area contributed by atoms with E-state index in [-0.39, 0.29) is 24.7 Å². The molecule has 1 aromatic rings. The van der Waals surface area contributed by atoms with Gasteiger partial charge in [-0.15, -0.1) is 0 Å². The Kier molecular flexibility index (Phi) is 4.25. The number of rotatable bonds is 3. The number of hydrogen-bond donors (Lipinski definition) is 3. The van der Waals surface area contributed by atoms with Gasteiger partial charge in [-0.1, -0.05) is 0 Å². The van der Waals surface area contributed by atoms with Crippen LogP contribution in [0.5, 0.6) is 0 Å². The number of carbonyl (C=O) groups excluding carboxylic acids is 2. The van der Waals surface area contributed by atoms with Gasteiger partial charge in [0, 0.05) is 30.8 Å². The third-order valence-corrected chi connectivity index (χ3v) is 3.66. The van der Waals surface area contributed by atoms with Crippen LogP contribution in [0.2, 0.25) is 0 Å². The summed E-state index contributed by atoms with van der Waals surface area (Å²) in [5, 5.41) is 2.69. The molecule has 0 radical (unpaired) electrons. The van der Waals surface area contributed by atoms with Crippen LogP contribution in [0.25, 0.3) is 0 Å². The highest BCUT2D eigenvalue weighted by Gasteiger charge is 2.28. The smallest absolute Gasteiger partial charge is 0.325 e. The normalized spacial score (nSPS) is 18.5. The molecule has 1 unspecified atom stereocenters. The molecule has 1 atom stereocenters. The minimum atomic E-state index is -0.561. The fraction of sp³-hybridized carbons (Fsp3) is 0.538. The monoisotopic (exact) mass is 294 g/mol. The quantitative estimate of drug-likeness (QED) is 0.639. The first kappa shape index (κ1) is 15.0. The second-order valence-electron chi connectivity index (χ2n) is 5.07. The minimum Gasteiger partial charge on any atom is -0.353 e. The molecule has 2 amide bonds. The van der Waals surface area contributed by atoms with E-state index in [1.54, 1.807) is 13.8 Å². The van der Waals surface area contributed by atoms with Gasteiger partial charge in [0.2, 0.25) is 11.8 Å². The molecule has 0 aromatic carbocycles. The van der Waals surface area contributed by atoms with Crippen LogP contribution in [0, 0.1) is 6.92 Å². The fourth-order valence-corrected chi connectivity index (χ4v) is 2.43. The lowest BCUT2D eigenvalue weighted by atomic mass is 10.1. The van der Waals surface area contributed by atoms with Crippen molar-refractivity contribution in [2.75, 3.05) is 13.1 Å². The summed E-state index contributed by atoms with van der Waals surface area (Å²) in [6, 6.07) is -0.499. The van der Waals surface area contributed by atoms with E-state index < -0.39 is 17.3 Å².